The summed E-state index contributed by atoms with van der Waals surface area (Å²) in [5.41, 5.74) is 0.847. The highest BCUT2D eigenvalue weighted by atomic mass is 19.1. The molecule has 1 aromatic carbocycles. The Kier molecular flexibility index (Phi) is 3.14. The molecule has 1 nitrogen and oxygen atoms in total. The molecule has 0 bridgehead atoms. The standard InChI is InChI=1S/C12H15FO/c13-12-4-2-1-3-11(12)9-10-5-7-14-8-6-10/h1-4,10H,5-9H2. The summed E-state index contributed by atoms with van der Waals surface area (Å²) in [7, 11) is 0. The predicted octanol–water partition coefficient (Wildman–Crippen LogP) is 2.79. The highest BCUT2D eigenvalue weighted by Gasteiger charge is 2.15. The van der Waals surface area contributed by atoms with Crippen LogP contribution in [0.25, 0.3) is 0 Å². The molecular weight excluding hydrogens is 179 g/mol. The first-order valence-electron chi connectivity index (χ1n) is 5.17. The van der Waals surface area contributed by atoms with E-state index in [1.54, 1.807) is 6.07 Å². The van der Waals surface area contributed by atoms with E-state index in [-0.39, 0.29) is 5.82 Å². The summed E-state index contributed by atoms with van der Waals surface area (Å²) in [6.07, 6.45) is 2.98. The van der Waals surface area contributed by atoms with Gasteiger partial charge in [-0.25, -0.2) is 4.39 Å². The molecule has 76 valence electrons. The second-order valence-corrected chi connectivity index (χ2v) is 3.85. The van der Waals surface area contributed by atoms with Crippen LogP contribution in [0, 0.1) is 11.7 Å². The Labute approximate surface area is 83.9 Å². The van der Waals surface area contributed by atoms with E-state index in [0.29, 0.717) is 5.92 Å². The first-order valence-corrected chi connectivity index (χ1v) is 5.17. The lowest BCUT2D eigenvalue weighted by Crippen LogP contribution is -2.17. The van der Waals surface area contributed by atoms with Gasteiger partial charge in [0.1, 0.15) is 5.82 Å². The fraction of sp³-hybridized carbons (Fsp3) is 0.500. The Morgan fingerprint density at radius 1 is 1.21 bits per heavy atom. The number of hydrogen-bond acceptors (Lipinski definition) is 1. The van der Waals surface area contributed by atoms with Crippen molar-refractivity contribution in [3.8, 4) is 0 Å². The van der Waals surface area contributed by atoms with Crippen molar-refractivity contribution >= 4 is 0 Å². The molecule has 2 rings (SSSR count). The van der Waals surface area contributed by atoms with Crippen molar-refractivity contribution in [1.29, 1.82) is 0 Å². The lowest BCUT2D eigenvalue weighted by Gasteiger charge is -2.22. The van der Waals surface area contributed by atoms with Gasteiger partial charge in [0.25, 0.3) is 0 Å². The Hall–Kier alpha value is -0.890. The average molecular weight is 194 g/mol. The minimum absolute atomic E-state index is 0.0704. The molecule has 0 radical (unpaired) electrons. The van der Waals surface area contributed by atoms with Crippen molar-refractivity contribution in [3.05, 3.63) is 35.6 Å². The second-order valence-electron chi connectivity index (χ2n) is 3.85. The molecule has 0 atom stereocenters. The van der Waals surface area contributed by atoms with E-state index < -0.39 is 0 Å². The van der Waals surface area contributed by atoms with Crippen molar-refractivity contribution in [3.63, 3.8) is 0 Å². The maximum Gasteiger partial charge on any atom is 0.126 e. The molecule has 1 saturated heterocycles. The van der Waals surface area contributed by atoms with Gasteiger partial charge >= 0.3 is 0 Å². The number of ether oxygens (including phenoxy) is 1. The number of rotatable bonds is 2. The van der Waals surface area contributed by atoms with Crippen LogP contribution in [-0.4, -0.2) is 13.2 Å². The molecule has 0 aromatic heterocycles. The molecule has 1 aliphatic heterocycles. The molecule has 14 heavy (non-hydrogen) atoms. The lowest BCUT2D eigenvalue weighted by atomic mass is 9.92. The molecule has 2 heteroatoms. The first-order chi connectivity index (χ1) is 6.86. The van der Waals surface area contributed by atoms with Crippen LogP contribution in [-0.2, 0) is 11.2 Å². The van der Waals surface area contributed by atoms with Crippen molar-refractivity contribution in [2.75, 3.05) is 13.2 Å². The van der Waals surface area contributed by atoms with Gasteiger partial charge < -0.3 is 4.74 Å². The van der Waals surface area contributed by atoms with Crippen LogP contribution >= 0.6 is 0 Å². The van der Waals surface area contributed by atoms with Gasteiger partial charge in [-0.1, -0.05) is 18.2 Å². The third kappa shape index (κ3) is 2.32. The van der Waals surface area contributed by atoms with Gasteiger partial charge in [-0.05, 0) is 36.8 Å². The first kappa shape index (κ1) is 9.66. The fourth-order valence-corrected chi connectivity index (χ4v) is 1.93. The molecule has 1 heterocycles. The number of hydrogen-bond donors (Lipinski definition) is 0. The van der Waals surface area contributed by atoms with E-state index in [1.165, 1.54) is 6.07 Å². The fourth-order valence-electron chi connectivity index (χ4n) is 1.93. The van der Waals surface area contributed by atoms with E-state index in [0.717, 1.165) is 38.0 Å². The summed E-state index contributed by atoms with van der Waals surface area (Å²) in [5.74, 6) is 0.527. The zero-order valence-electron chi connectivity index (χ0n) is 8.21. The quantitative estimate of drug-likeness (QED) is 0.703. The van der Waals surface area contributed by atoms with Crippen LogP contribution in [0.5, 0.6) is 0 Å². The van der Waals surface area contributed by atoms with E-state index in [4.69, 9.17) is 4.74 Å². The van der Waals surface area contributed by atoms with Crippen molar-refractivity contribution < 1.29 is 9.13 Å². The summed E-state index contributed by atoms with van der Waals surface area (Å²) in [6.45, 7) is 1.66. The second kappa shape index (κ2) is 4.56. The summed E-state index contributed by atoms with van der Waals surface area (Å²) < 4.78 is 18.6. The van der Waals surface area contributed by atoms with E-state index in [2.05, 4.69) is 0 Å². The Balaban J connectivity index is 1.99. The molecule has 1 aliphatic rings. The molecule has 0 unspecified atom stereocenters. The van der Waals surface area contributed by atoms with Crippen LogP contribution in [0.4, 0.5) is 4.39 Å². The van der Waals surface area contributed by atoms with Crippen LogP contribution in [0.2, 0.25) is 0 Å². The molecule has 1 aromatic rings. The predicted molar refractivity (Wildman–Crippen MR) is 53.6 cm³/mol. The Bertz CT molecular complexity index is 292. The lowest BCUT2D eigenvalue weighted by molar-refractivity contribution is 0.0663. The molecule has 0 N–H and O–H groups in total. The van der Waals surface area contributed by atoms with Crippen molar-refractivity contribution in [2.45, 2.75) is 19.3 Å². The minimum Gasteiger partial charge on any atom is -0.381 e. The van der Waals surface area contributed by atoms with E-state index in [1.807, 2.05) is 12.1 Å². The Morgan fingerprint density at radius 2 is 1.93 bits per heavy atom. The third-order valence-electron chi connectivity index (χ3n) is 2.81. The molecule has 0 spiro atoms. The van der Waals surface area contributed by atoms with Gasteiger partial charge in [-0.3, -0.25) is 0 Å². The van der Waals surface area contributed by atoms with Crippen LogP contribution in [0.1, 0.15) is 18.4 Å². The van der Waals surface area contributed by atoms with Gasteiger partial charge in [-0.2, -0.15) is 0 Å². The minimum atomic E-state index is -0.0704. The highest BCUT2D eigenvalue weighted by molar-refractivity contribution is 5.17. The van der Waals surface area contributed by atoms with Crippen molar-refractivity contribution in [2.24, 2.45) is 5.92 Å². The zero-order chi connectivity index (χ0) is 9.80. The SMILES string of the molecule is Fc1ccccc1CC1CCOCC1. The number of benzene rings is 1. The molecule has 0 saturated carbocycles. The maximum atomic E-state index is 13.3. The summed E-state index contributed by atoms with van der Waals surface area (Å²) in [4.78, 5) is 0. The van der Waals surface area contributed by atoms with E-state index >= 15 is 0 Å². The summed E-state index contributed by atoms with van der Waals surface area (Å²) in [5, 5.41) is 0. The largest absolute Gasteiger partial charge is 0.381 e. The summed E-state index contributed by atoms with van der Waals surface area (Å²) in [6, 6.07) is 7.06. The Morgan fingerprint density at radius 3 is 2.64 bits per heavy atom. The van der Waals surface area contributed by atoms with Crippen molar-refractivity contribution in [1.82, 2.24) is 0 Å². The average Bonchev–Trinajstić information content (AvgIpc) is 2.23. The van der Waals surface area contributed by atoms with Gasteiger partial charge in [0, 0.05) is 13.2 Å². The van der Waals surface area contributed by atoms with Crippen LogP contribution in [0.15, 0.2) is 24.3 Å². The highest BCUT2D eigenvalue weighted by Crippen LogP contribution is 2.21. The third-order valence-corrected chi connectivity index (χ3v) is 2.81. The molecule has 0 amide bonds. The normalized spacial score (nSPS) is 18.4. The topological polar surface area (TPSA) is 9.23 Å². The number of halogens is 1. The molecule has 0 aliphatic carbocycles. The maximum absolute atomic E-state index is 13.3. The molecule has 1 fully saturated rings. The smallest absolute Gasteiger partial charge is 0.126 e. The van der Waals surface area contributed by atoms with Crippen LogP contribution < -0.4 is 0 Å². The summed E-state index contributed by atoms with van der Waals surface area (Å²) >= 11 is 0. The zero-order valence-corrected chi connectivity index (χ0v) is 8.21. The van der Waals surface area contributed by atoms with Gasteiger partial charge in [0.2, 0.25) is 0 Å². The molecular formula is C12H15FO. The van der Waals surface area contributed by atoms with Gasteiger partial charge in [0.15, 0.2) is 0 Å². The van der Waals surface area contributed by atoms with Crippen LogP contribution in [0.3, 0.4) is 0 Å². The monoisotopic (exact) mass is 194 g/mol. The van der Waals surface area contributed by atoms with E-state index in [9.17, 15) is 4.39 Å². The van der Waals surface area contributed by atoms with Gasteiger partial charge in [-0.15, -0.1) is 0 Å². The van der Waals surface area contributed by atoms with Gasteiger partial charge in [0.05, 0.1) is 0 Å².